The number of amidine groups is 1. The number of hydrogen-bond acceptors (Lipinski definition) is 2. The summed E-state index contributed by atoms with van der Waals surface area (Å²) >= 11 is 0. The van der Waals surface area contributed by atoms with Crippen molar-refractivity contribution >= 4 is 61.0 Å². The van der Waals surface area contributed by atoms with Crippen molar-refractivity contribution in [2.45, 2.75) is 6.92 Å². The standard InChI is InChI=1S/C47H33N3O/c1-31(33-14-6-3-7-15-33)48-47(34-16-8-4-9-17-34)49-32(2)35-23-26-45-41(28-35)42-30-37(24-27-46(42)51-45)36-22-25-44-40(29-36)39-20-12-13-21-43(39)50(44)38-18-10-5-11-19-38/h3-30H,2H2,1H3/b48-31+,49-47-. The highest BCUT2D eigenvalue weighted by molar-refractivity contribution is 6.14. The Bertz CT molecular complexity index is 2800. The quantitative estimate of drug-likeness (QED) is 0.130. The Morgan fingerprint density at radius 1 is 0.490 bits per heavy atom. The average molecular weight is 656 g/mol. The second-order valence-electron chi connectivity index (χ2n) is 12.8. The first-order chi connectivity index (χ1) is 25.1. The third-order valence-corrected chi connectivity index (χ3v) is 9.56. The molecule has 9 aromatic rings. The Morgan fingerprint density at radius 2 is 1.06 bits per heavy atom. The van der Waals surface area contributed by atoms with Crippen molar-refractivity contribution in [2.75, 3.05) is 0 Å². The van der Waals surface area contributed by atoms with Crippen LogP contribution in [-0.2, 0) is 0 Å². The van der Waals surface area contributed by atoms with Gasteiger partial charge in [-0.15, -0.1) is 0 Å². The normalized spacial score (nSPS) is 12.3. The van der Waals surface area contributed by atoms with E-state index in [9.17, 15) is 0 Å². The van der Waals surface area contributed by atoms with Crippen molar-refractivity contribution in [1.82, 2.24) is 4.57 Å². The summed E-state index contributed by atoms with van der Waals surface area (Å²) in [5.74, 6) is 0.616. The van der Waals surface area contributed by atoms with Gasteiger partial charge in [0.25, 0.3) is 0 Å². The van der Waals surface area contributed by atoms with Crippen LogP contribution in [0.1, 0.15) is 23.6 Å². The third-order valence-electron chi connectivity index (χ3n) is 9.56. The zero-order valence-corrected chi connectivity index (χ0v) is 28.1. The molecule has 0 amide bonds. The van der Waals surface area contributed by atoms with Gasteiger partial charge in [0.05, 0.1) is 16.7 Å². The van der Waals surface area contributed by atoms with E-state index in [1.807, 2.05) is 67.6 Å². The first-order valence-corrected chi connectivity index (χ1v) is 17.1. The van der Waals surface area contributed by atoms with E-state index in [-0.39, 0.29) is 0 Å². The summed E-state index contributed by atoms with van der Waals surface area (Å²) in [6.45, 7) is 6.41. The zero-order chi connectivity index (χ0) is 34.3. The first-order valence-electron chi connectivity index (χ1n) is 17.1. The predicted molar refractivity (Wildman–Crippen MR) is 214 cm³/mol. The summed E-state index contributed by atoms with van der Waals surface area (Å²) in [4.78, 5) is 9.97. The minimum Gasteiger partial charge on any atom is -0.456 e. The molecule has 0 radical (unpaired) electrons. The van der Waals surface area contributed by atoms with Gasteiger partial charge >= 0.3 is 0 Å². The fraction of sp³-hybridized carbons (Fsp3) is 0.0213. The summed E-state index contributed by atoms with van der Waals surface area (Å²) in [7, 11) is 0. The molecule has 0 spiro atoms. The number of rotatable bonds is 6. The Morgan fingerprint density at radius 3 is 1.80 bits per heavy atom. The average Bonchev–Trinajstić information content (AvgIpc) is 3.73. The van der Waals surface area contributed by atoms with Gasteiger partial charge in [0, 0.05) is 44.1 Å². The van der Waals surface area contributed by atoms with E-state index in [4.69, 9.17) is 14.4 Å². The molecule has 0 aliphatic carbocycles. The molecule has 7 aromatic carbocycles. The van der Waals surface area contributed by atoms with Crippen LogP contribution in [-0.4, -0.2) is 16.1 Å². The van der Waals surface area contributed by atoms with Gasteiger partial charge in [-0.2, -0.15) is 0 Å². The lowest BCUT2D eigenvalue weighted by Crippen LogP contribution is -2.04. The molecule has 4 nitrogen and oxygen atoms in total. The highest BCUT2D eigenvalue weighted by Gasteiger charge is 2.15. The molecular formula is C47H33N3O. The lowest BCUT2D eigenvalue weighted by atomic mass is 10.00. The number of benzene rings is 7. The molecule has 242 valence electrons. The van der Waals surface area contributed by atoms with Crippen LogP contribution in [0.4, 0.5) is 0 Å². The van der Waals surface area contributed by atoms with Crippen molar-refractivity contribution in [1.29, 1.82) is 0 Å². The van der Waals surface area contributed by atoms with Gasteiger partial charge in [-0.05, 0) is 84.3 Å². The predicted octanol–water partition coefficient (Wildman–Crippen LogP) is 12.3. The molecule has 0 saturated carbocycles. The van der Waals surface area contributed by atoms with E-state index in [1.54, 1.807) is 0 Å². The molecule has 4 heteroatoms. The van der Waals surface area contributed by atoms with Crippen LogP contribution in [0.2, 0.25) is 0 Å². The fourth-order valence-corrected chi connectivity index (χ4v) is 6.98. The van der Waals surface area contributed by atoms with Gasteiger partial charge in [0.15, 0.2) is 5.84 Å². The topological polar surface area (TPSA) is 42.8 Å². The summed E-state index contributed by atoms with van der Waals surface area (Å²) in [5.41, 5.74) is 11.9. The van der Waals surface area contributed by atoms with E-state index in [0.29, 0.717) is 11.5 Å². The molecule has 0 atom stereocenters. The maximum atomic E-state index is 6.32. The van der Waals surface area contributed by atoms with Crippen molar-refractivity contribution in [3.63, 3.8) is 0 Å². The SMILES string of the molecule is C=C(/N=C(\N=C(/C)c1ccccc1)c1ccccc1)c1ccc2oc3ccc(-c4ccc5c(c4)c4ccccc4n5-c4ccccc4)cc3c2c1. The maximum absolute atomic E-state index is 6.32. The molecule has 0 bridgehead atoms. The summed E-state index contributed by atoms with van der Waals surface area (Å²) in [5, 5.41) is 4.52. The second kappa shape index (κ2) is 12.6. The lowest BCUT2D eigenvalue weighted by molar-refractivity contribution is 0.669. The van der Waals surface area contributed by atoms with Gasteiger partial charge in [-0.3, -0.25) is 0 Å². The Kier molecular flexibility index (Phi) is 7.48. The van der Waals surface area contributed by atoms with Crippen LogP contribution in [0.25, 0.3) is 66.3 Å². The highest BCUT2D eigenvalue weighted by atomic mass is 16.3. The Labute approximate surface area is 296 Å². The Balaban J connectivity index is 1.12. The number of aromatic nitrogens is 1. The summed E-state index contributed by atoms with van der Waals surface area (Å²) in [6, 6.07) is 58.8. The minimum absolute atomic E-state index is 0.616. The Hall–Kier alpha value is -6.78. The molecule has 2 heterocycles. The number of para-hydroxylation sites is 2. The smallest absolute Gasteiger partial charge is 0.160 e. The van der Waals surface area contributed by atoms with Gasteiger partial charge < -0.3 is 8.98 Å². The fourth-order valence-electron chi connectivity index (χ4n) is 6.98. The largest absolute Gasteiger partial charge is 0.456 e. The van der Waals surface area contributed by atoms with Crippen LogP contribution in [0.5, 0.6) is 0 Å². The van der Waals surface area contributed by atoms with Gasteiger partial charge in [0.2, 0.25) is 0 Å². The molecule has 9 rings (SSSR count). The molecule has 0 saturated heterocycles. The van der Waals surface area contributed by atoms with Crippen molar-refractivity contribution in [3.8, 4) is 16.8 Å². The van der Waals surface area contributed by atoms with Crippen molar-refractivity contribution in [3.05, 3.63) is 193 Å². The first kappa shape index (κ1) is 30.3. The monoisotopic (exact) mass is 655 g/mol. The molecule has 0 fully saturated rings. The summed E-state index contributed by atoms with van der Waals surface area (Å²) < 4.78 is 8.66. The second-order valence-corrected chi connectivity index (χ2v) is 12.8. The van der Waals surface area contributed by atoms with E-state index in [2.05, 4.69) is 120 Å². The van der Waals surface area contributed by atoms with Crippen LogP contribution >= 0.6 is 0 Å². The molecule has 0 N–H and O–H groups in total. The van der Waals surface area contributed by atoms with E-state index in [1.165, 1.54) is 21.8 Å². The van der Waals surface area contributed by atoms with Gasteiger partial charge in [-0.25, -0.2) is 9.98 Å². The number of nitrogens with zero attached hydrogens (tertiary/aromatic N) is 3. The van der Waals surface area contributed by atoms with Crippen LogP contribution < -0.4 is 0 Å². The molecule has 2 aromatic heterocycles. The van der Waals surface area contributed by atoms with Crippen LogP contribution in [0, 0.1) is 0 Å². The maximum Gasteiger partial charge on any atom is 0.160 e. The van der Waals surface area contributed by atoms with Crippen LogP contribution in [0.15, 0.2) is 191 Å². The molecular weight excluding hydrogens is 623 g/mol. The number of fused-ring (bicyclic) bond motifs is 6. The number of hydrogen-bond donors (Lipinski definition) is 0. The number of furan rings is 1. The van der Waals surface area contributed by atoms with Crippen molar-refractivity contribution < 1.29 is 4.42 Å². The lowest BCUT2D eigenvalue weighted by Gasteiger charge is -2.08. The van der Waals surface area contributed by atoms with Crippen LogP contribution in [0.3, 0.4) is 0 Å². The van der Waals surface area contributed by atoms with E-state index in [0.717, 1.165) is 61.2 Å². The van der Waals surface area contributed by atoms with Gasteiger partial charge in [-0.1, -0.05) is 116 Å². The van der Waals surface area contributed by atoms with Gasteiger partial charge in [0.1, 0.15) is 11.2 Å². The van der Waals surface area contributed by atoms with E-state index >= 15 is 0 Å². The van der Waals surface area contributed by atoms with E-state index < -0.39 is 0 Å². The third kappa shape index (κ3) is 5.53. The molecule has 0 aliphatic heterocycles. The zero-order valence-electron chi connectivity index (χ0n) is 28.1. The molecule has 0 unspecified atom stereocenters. The molecule has 0 aliphatic rings. The summed E-state index contributed by atoms with van der Waals surface area (Å²) in [6.07, 6.45) is 0. The minimum atomic E-state index is 0.616. The number of aliphatic imine (C=N–C) groups is 2. The molecule has 51 heavy (non-hydrogen) atoms. The van der Waals surface area contributed by atoms with Crippen molar-refractivity contribution in [2.24, 2.45) is 9.98 Å². The highest BCUT2D eigenvalue weighted by Crippen LogP contribution is 2.37.